The summed E-state index contributed by atoms with van der Waals surface area (Å²) in [5, 5.41) is 9.57. The minimum atomic E-state index is -0.332. The maximum absolute atomic E-state index is 12.6. The molecule has 0 aliphatic heterocycles. The van der Waals surface area contributed by atoms with Crippen molar-refractivity contribution >= 4 is 17.8 Å². The number of aliphatic imine (C=N–C) groups is 1. The minimum absolute atomic E-state index is 0.0925. The van der Waals surface area contributed by atoms with Gasteiger partial charge in [-0.3, -0.25) is 14.6 Å². The van der Waals surface area contributed by atoms with E-state index in [1.54, 1.807) is 11.9 Å². The van der Waals surface area contributed by atoms with Crippen LogP contribution < -0.4 is 16.0 Å². The Morgan fingerprint density at radius 2 is 1.73 bits per heavy atom. The molecule has 0 aromatic carbocycles. The zero-order chi connectivity index (χ0) is 19.0. The molecule has 7 nitrogen and oxygen atoms in total. The predicted octanol–water partition coefficient (Wildman–Crippen LogP) is 1.25. The van der Waals surface area contributed by atoms with Crippen molar-refractivity contribution in [2.45, 2.75) is 63.8 Å². The minimum Gasteiger partial charge on any atom is -0.356 e. The van der Waals surface area contributed by atoms with Crippen molar-refractivity contribution in [3.05, 3.63) is 0 Å². The van der Waals surface area contributed by atoms with Crippen molar-refractivity contribution < 1.29 is 9.59 Å². The molecule has 26 heavy (non-hydrogen) atoms. The van der Waals surface area contributed by atoms with Crippen LogP contribution in [0.4, 0.5) is 0 Å². The Bertz CT molecular complexity index is 506. The van der Waals surface area contributed by atoms with E-state index in [0.29, 0.717) is 31.5 Å². The normalized spacial score (nSPS) is 20.0. The number of rotatable bonds is 7. The fourth-order valence-corrected chi connectivity index (χ4v) is 4.13. The molecule has 2 saturated carbocycles. The van der Waals surface area contributed by atoms with Gasteiger partial charge in [-0.2, -0.15) is 0 Å². The number of amides is 2. The van der Waals surface area contributed by atoms with Crippen LogP contribution in [0.2, 0.25) is 0 Å². The molecule has 0 heterocycles. The van der Waals surface area contributed by atoms with Crippen LogP contribution in [0.3, 0.4) is 0 Å². The van der Waals surface area contributed by atoms with Gasteiger partial charge in [0.15, 0.2) is 5.96 Å². The predicted molar refractivity (Wildman–Crippen MR) is 104 cm³/mol. The molecule has 0 bridgehead atoms. The monoisotopic (exact) mass is 365 g/mol. The first-order valence-corrected chi connectivity index (χ1v) is 9.92. The molecule has 0 radical (unpaired) electrons. The fourth-order valence-electron chi connectivity index (χ4n) is 4.13. The highest BCUT2D eigenvalue weighted by Gasteiger charge is 2.42. The average molecular weight is 366 g/mol. The van der Waals surface area contributed by atoms with E-state index in [2.05, 4.69) is 20.9 Å². The lowest BCUT2D eigenvalue weighted by molar-refractivity contribution is -0.138. The Kier molecular flexibility index (Phi) is 7.72. The van der Waals surface area contributed by atoms with E-state index in [4.69, 9.17) is 0 Å². The largest absolute Gasteiger partial charge is 0.356 e. The van der Waals surface area contributed by atoms with Gasteiger partial charge >= 0.3 is 0 Å². The van der Waals surface area contributed by atoms with Crippen LogP contribution in [-0.2, 0) is 9.59 Å². The molecular weight excluding hydrogens is 330 g/mol. The zero-order valence-electron chi connectivity index (χ0n) is 16.6. The maximum atomic E-state index is 12.6. The topological polar surface area (TPSA) is 85.8 Å². The van der Waals surface area contributed by atoms with Crippen molar-refractivity contribution in [1.29, 1.82) is 0 Å². The number of nitrogens with zero attached hydrogens (tertiary/aromatic N) is 2. The van der Waals surface area contributed by atoms with E-state index < -0.39 is 0 Å². The summed E-state index contributed by atoms with van der Waals surface area (Å²) in [6.45, 7) is 1.12. The van der Waals surface area contributed by atoms with E-state index in [1.165, 1.54) is 12.8 Å². The molecule has 2 rings (SSSR count). The summed E-state index contributed by atoms with van der Waals surface area (Å²) in [5.74, 6) is 0.931. The first-order chi connectivity index (χ1) is 12.5. The Morgan fingerprint density at radius 3 is 2.31 bits per heavy atom. The van der Waals surface area contributed by atoms with Crippen LogP contribution in [0, 0.1) is 5.41 Å². The van der Waals surface area contributed by atoms with E-state index in [0.717, 1.165) is 38.5 Å². The lowest BCUT2D eigenvalue weighted by Crippen LogP contribution is -2.49. The Hall–Kier alpha value is -1.79. The SMILES string of the molecule is CN=C(NCCC(=O)NC1CCCC1)NCC1(C(=O)N(C)C)CCCC1. The molecular formula is C19H35N5O2. The summed E-state index contributed by atoms with van der Waals surface area (Å²) >= 11 is 0. The van der Waals surface area contributed by atoms with Crippen molar-refractivity contribution in [3.8, 4) is 0 Å². The van der Waals surface area contributed by atoms with Gasteiger partial charge in [0, 0.05) is 46.7 Å². The van der Waals surface area contributed by atoms with Gasteiger partial charge in [0.05, 0.1) is 5.41 Å². The molecule has 7 heteroatoms. The van der Waals surface area contributed by atoms with Gasteiger partial charge in [-0.1, -0.05) is 25.7 Å². The highest BCUT2D eigenvalue weighted by Crippen LogP contribution is 2.38. The molecule has 148 valence electrons. The number of hydrogen-bond acceptors (Lipinski definition) is 3. The van der Waals surface area contributed by atoms with Gasteiger partial charge in [-0.25, -0.2) is 0 Å². The van der Waals surface area contributed by atoms with Crippen LogP contribution in [-0.4, -0.2) is 62.9 Å². The standard InChI is InChI=1S/C19H35N5O2/c1-20-18(21-13-10-16(25)23-15-8-4-5-9-15)22-14-19(11-6-7-12-19)17(26)24(2)3/h15H,4-14H2,1-3H3,(H,23,25)(H2,20,21,22). The average Bonchev–Trinajstić information content (AvgIpc) is 3.29. The van der Waals surface area contributed by atoms with Crippen molar-refractivity contribution in [1.82, 2.24) is 20.9 Å². The summed E-state index contributed by atoms with van der Waals surface area (Å²) in [7, 11) is 5.35. The van der Waals surface area contributed by atoms with Gasteiger partial charge in [0.1, 0.15) is 0 Å². The second kappa shape index (κ2) is 9.78. The molecule has 2 amide bonds. The smallest absolute Gasteiger partial charge is 0.230 e. The molecule has 0 atom stereocenters. The van der Waals surface area contributed by atoms with E-state index in [9.17, 15) is 9.59 Å². The molecule has 0 spiro atoms. The number of carbonyl (C=O) groups is 2. The first kappa shape index (κ1) is 20.5. The summed E-state index contributed by atoms with van der Waals surface area (Å²) in [6, 6.07) is 0.360. The molecule has 2 fully saturated rings. The quantitative estimate of drug-likeness (QED) is 0.468. The van der Waals surface area contributed by atoms with Crippen molar-refractivity contribution in [2.24, 2.45) is 10.4 Å². The van der Waals surface area contributed by atoms with Crippen LogP contribution in [0.15, 0.2) is 4.99 Å². The third-order valence-corrected chi connectivity index (χ3v) is 5.60. The van der Waals surface area contributed by atoms with Crippen molar-refractivity contribution in [2.75, 3.05) is 34.2 Å². The van der Waals surface area contributed by atoms with Crippen LogP contribution in [0.25, 0.3) is 0 Å². The summed E-state index contributed by atoms with van der Waals surface area (Å²) in [6.07, 6.45) is 9.08. The van der Waals surface area contributed by atoms with Gasteiger partial charge in [-0.05, 0) is 25.7 Å². The second-order valence-electron chi connectivity index (χ2n) is 7.84. The van der Waals surface area contributed by atoms with Gasteiger partial charge in [0.25, 0.3) is 0 Å². The molecule has 0 unspecified atom stereocenters. The number of carbonyl (C=O) groups excluding carboxylic acids is 2. The van der Waals surface area contributed by atoms with Crippen LogP contribution >= 0.6 is 0 Å². The Morgan fingerprint density at radius 1 is 1.08 bits per heavy atom. The van der Waals surface area contributed by atoms with E-state index >= 15 is 0 Å². The van der Waals surface area contributed by atoms with Crippen molar-refractivity contribution in [3.63, 3.8) is 0 Å². The Balaban J connectivity index is 1.74. The van der Waals surface area contributed by atoms with Gasteiger partial charge < -0.3 is 20.9 Å². The first-order valence-electron chi connectivity index (χ1n) is 9.92. The van der Waals surface area contributed by atoms with Gasteiger partial charge in [-0.15, -0.1) is 0 Å². The van der Waals surface area contributed by atoms with E-state index in [-0.39, 0.29) is 17.2 Å². The fraction of sp³-hybridized carbons (Fsp3) is 0.842. The molecule has 3 N–H and O–H groups in total. The molecule has 0 aromatic rings. The van der Waals surface area contributed by atoms with E-state index in [1.807, 2.05) is 14.1 Å². The Labute approximate surface area is 157 Å². The lowest BCUT2D eigenvalue weighted by Gasteiger charge is -2.31. The van der Waals surface area contributed by atoms with Crippen LogP contribution in [0.1, 0.15) is 57.8 Å². The molecule has 2 aliphatic carbocycles. The highest BCUT2D eigenvalue weighted by atomic mass is 16.2. The number of nitrogens with one attached hydrogen (secondary N) is 3. The van der Waals surface area contributed by atoms with Gasteiger partial charge in [0.2, 0.25) is 11.8 Å². The molecule has 0 saturated heterocycles. The third kappa shape index (κ3) is 5.61. The summed E-state index contributed by atoms with van der Waals surface area (Å²) in [4.78, 5) is 30.5. The zero-order valence-corrected chi connectivity index (χ0v) is 16.6. The second-order valence-corrected chi connectivity index (χ2v) is 7.84. The maximum Gasteiger partial charge on any atom is 0.230 e. The molecule has 0 aromatic heterocycles. The number of guanidine groups is 1. The van der Waals surface area contributed by atoms with Crippen LogP contribution in [0.5, 0.6) is 0 Å². The lowest BCUT2D eigenvalue weighted by atomic mass is 9.84. The summed E-state index contributed by atoms with van der Waals surface area (Å²) < 4.78 is 0. The summed E-state index contributed by atoms with van der Waals surface area (Å²) in [5.41, 5.74) is -0.332. The number of hydrogen-bond donors (Lipinski definition) is 3. The highest BCUT2D eigenvalue weighted by molar-refractivity contribution is 5.85. The molecule has 2 aliphatic rings. The third-order valence-electron chi connectivity index (χ3n) is 5.60.